The third kappa shape index (κ3) is 3.74. The van der Waals surface area contributed by atoms with E-state index in [0.29, 0.717) is 5.56 Å². The second-order valence-corrected chi connectivity index (χ2v) is 4.45. The van der Waals surface area contributed by atoms with Crippen molar-refractivity contribution in [3.8, 4) is 0 Å². The van der Waals surface area contributed by atoms with E-state index in [2.05, 4.69) is 0 Å². The maximum Gasteiger partial charge on any atom is 0.144 e. The summed E-state index contributed by atoms with van der Waals surface area (Å²) in [5.41, 5.74) is 7.16. The first kappa shape index (κ1) is 13.4. The molecule has 0 radical (unpaired) electrons. The molecule has 0 bridgehead atoms. The third-order valence-electron chi connectivity index (χ3n) is 2.54. The predicted octanol–water partition coefficient (Wildman–Crippen LogP) is 2.43. The highest BCUT2D eigenvalue weighted by molar-refractivity contribution is 6.30. The van der Waals surface area contributed by atoms with Crippen molar-refractivity contribution in [3.63, 3.8) is 0 Å². The van der Waals surface area contributed by atoms with Crippen molar-refractivity contribution in [2.24, 2.45) is 5.73 Å². The number of hydrogen-bond donors (Lipinski definition) is 2. The van der Waals surface area contributed by atoms with Gasteiger partial charge in [-0.05, 0) is 43.4 Å². The summed E-state index contributed by atoms with van der Waals surface area (Å²) in [5.74, 6) is -0.350. The smallest absolute Gasteiger partial charge is 0.144 e. The molecule has 90 valence electrons. The molecule has 4 heteroatoms. The van der Waals surface area contributed by atoms with Gasteiger partial charge in [0.2, 0.25) is 0 Å². The molecule has 0 heterocycles. The number of aliphatic hydroxyl groups is 1. The van der Waals surface area contributed by atoms with Crippen LogP contribution in [0.25, 0.3) is 0 Å². The molecule has 1 aromatic carbocycles. The molecule has 0 aliphatic carbocycles. The highest BCUT2D eigenvalue weighted by Gasteiger charge is 2.06. The Balaban J connectivity index is 2.55. The molecule has 0 aliphatic rings. The van der Waals surface area contributed by atoms with Crippen LogP contribution in [-0.4, -0.2) is 17.8 Å². The Bertz CT molecular complexity index is 334. The molecule has 3 N–H and O–H groups in total. The van der Waals surface area contributed by atoms with Crippen molar-refractivity contribution in [2.75, 3.05) is 6.61 Å². The van der Waals surface area contributed by atoms with E-state index < -0.39 is 0 Å². The molecule has 1 aromatic rings. The minimum atomic E-state index is -0.350. The molecule has 2 nitrogen and oxygen atoms in total. The lowest BCUT2D eigenvalue weighted by Gasteiger charge is -2.08. The van der Waals surface area contributed by atoms with Crippen LogP contribution in [0, 0.1) is 12.7 Å². The molecule has 1 rings (SSSR count). The van der Waals surface area contributed by atoms with Crippen molar-refractivity contribution >= 4 is 11.6 Å². The Morgan fingerprint density at radius 1 is 1.50 bits per heavy atom. The molecule has 1 atom stereocenters. The van der Waals surface area contributed by atoms with Gasteiger partial charge in [-0.15, -0.1) is 0 Å². The van der Waals surface area contributed by atoms with Crippen molar-refractivity contribution < 1.29 is 9.50 Å². The van der Waals surface area contributed by atoms with Gasteiger partial charge in [0, 0.05) is 6.04 Å². The van der Waals surface area contributed by atoms with E-state index in [1.165, 1.54) is 0 Å². The van der Waals surface area contributed by atoms with Crippen LogP contribution in [0.2, 0.25) is 5.02 Å². The molecule has 0 spiro atoms. The standard InChI is InChI=1S/C12H17ClFNO/c1-8-5-9(6-11(13)12(8)14)3-2-4-10(15)7-16/h5-6,10,16H,2-4,7,15H2,1H3/t10-/m1/s1. The molecular weight excluding hydrogens is 229 g/mol. The van der Waals surface area contributed by atoms with Gasteiger partial charge in [-0.1, -0.05) is 17.7 Å². The molecule has 0 saturated carbocycles. The number of halogens is 2. The average Bonchev–Trinajstić information content (AvgIpc) is 2.25. The molecule has 0 fully saturated rings. The van der Waals surface area contributed by atoms with E-state index in [1.807, 2.05) is 0 Å². The second-order valence-electron chi connectivity index (χ2n) is 4.04. The largest absolute Gasteiger partial charge is 0.395 e. The van der Waals surface area contributed by atoms with E-state index in [1.54, 1.807) is 19.1 Å². The van der Waals surface area contributed by atoms with E-state index in [9.17, 15) is 4.39 Å². The van der Waals surface area contributed by atoms with Crippen molar-refractivity contribution in [2.45, 2.75) is 32.2 Å². The summed E-state index contributed by atoms with van der Waals surface area (Å²) in [7, 11) is 0. The topological polar surface area (TPSA) is 46.2 Å². The first-order chi connectivity index (χ1) is 7.54. The summed E-state index contributed by atoms with van der Waals surface area (Å²) < 4.78 is 13.2. The Hall–Kier alpha value is -0.640. The van der Waals surface area contributed by atoms with Crippen LogP contribution in [0.15, 0.2) is 12.1 Å². The highest BCUT2D eigenvalue weighted by atomic mass is 35.5. The summed E-state index contributed by atoms with van der Waals surface area (Å²) in [6.45, 7) is 1.70. The summed E-state index contributed by atoms with van der Waals surface area (Å²) in [6, 6.07) is 3.28. The lowest BCUT2D eigenvalue weighted by molar-refractivity contribution is 0.258. The van der Waals surface area contributed by atoms with Crippen LogP contribution in [-0.2, 0) is 6.42 Å². The van der Waals surface area contributed by atoms with Crippen molar-refractivity contribution in [1.29, 1.82) is 0 Å². The number of rotatable bonds is 5. The minimum absolute atomic E-state index is 0.00318. The SMILES string of the molecule is Cc1cc(CCC[C@@H](N)CO)cc(Cl)c1F. The first-order valence-electron chi connectivity index (χ1n) is 5.35. The molecule has 16 heavy (non-hydrogen) atoms. The van der Waals surface area contributed by atoms with E-state index >= 15 is 0 Å². The summed E-state index contributed by atoms with van der Waals surface area (Å²) >= 11 is 5.75. The lowest BCUT2D eigenvalue weighted by Crippen LogP contribution is -2.24. The predicted molar refractivity (Wildman–Crippen MR) is 64.1 cm³/mol. The number of aryl methyl sites for hydroxylation is 2. The van der Waals surface area contributed by atoms with Gasteiger partial charge in [0.15, 0.2) is 0 Å². The van der Waals surface area contributed by atoms with Crippen molar-refractivity contribution in [3.05, 3.63) is 34.1 Å². The Morgan fingerprint density at radius 3 is 2.75 bits per heavy atom. The normalized spacial score (nSPS) is 12.8. The van der Waals surface area contributed by atoms with Crippen LogP contribution in [0.3, 0.4) is 0 Å². The van der Waals surface area contributed by atoms with Gasteiger partial charge in [0.25, 0.3) is 0 Å². The number of benzene rings is 1. The zero-order chi connectivity index (χ0) is 12.1. The first-order valence-corrected chi connectivity index (χ1v) is 5.73. The van der Waals surface area contributed by atoms with E-state index in [4.69, 9.17) is 22.4 Å². The summed E-state index contributed by atoms with van der Waals surface area (Å²) in [6.07, 6.45) is 2.42. The molecular formula is C12H17ClFNO. The summed E-state index contributed by atoms with van der Waals surface area (Å²) in [4.78, 5) is 0. The van der Waals surface area contributed by atoms with Gasteiger partial charge in [-0.2, -0.15) is 0 Å². The zero-order valence-electron chi connectivity index (χ0n) is 9.34. The van der Waals surface area contributed by atoms with Gasteiger partial charge >= 0.3 is 0 Å². The number of hydrogen-bond acceptors (Lipinski definition) is 2. The minimum Gasteiger partial charge on any atom is -0.395 e. The molecule has 0 aromatic heterocycles. The van der Waals surface area contributed by atoms with E-state index in [0.717, 1.165) is 24.8 Å². The maximum atomic E-state index is 13.2. The lowest BCUT2D eigenvalue weighted by atomic mass is 10.0. The third-order valence-corrected chi connectivity index (χ3v) is 2.82. The molecule has 0 aliphatic heterocycles. The Labute approximate surface area is 100 Å². The van der Waals surface area contributed by atoms with Crippen molar-refractivity contribution in [1.82, 2.24) is 0 Å². The Morgan fingerprint density at radius 2 is 2.19 bits per heavy atom. The van der Waals surface area contributed by atoms with E-state index in [-0.39, 0.29) is 23.5 Å². The van der Waals surface area contributed by atoms with Gasteiger partial charge in [0.1, 0.15) is 5.82 Å². The number of nitrogens with two attached hydrogens (primary N) is 1. The van der Waals surface area contributed by atoms with Gasteiger partial charge in [-0.25, -0.2) is 4.39 Å². The van der Waals surface area contributed by atoms with Crippen LogP contribution in [0.4, 0.5) is 4.39 Å². The van der Waals surface area contributed by atoms with Crippen LogP contribution < -0.4 is 5.73 Å². The maximum absolute atomic E-state index is 13.2. The molecule has 0 amide bonds. The zero-order valence-corrected chi connectivity index (χ0v) is 10.1. The monoisotopic (exact) mass is 245 g/mol. The van der Waals surface area contributed by atoms with Crippen LogP contribution >= 0.6 is 11.6 Å². The van der Waals surface area contributed by atoms with Gasteiger partial charge < -0.3 is 10.8 Å². The summed E-state index contributed by atoms with van der Waals surface area (Å²) in [5, 5.41) is 8.93. The molecule has 0 saturated heterocycles. The fraction of sp³-hybridized carbons (Fsp3) is 0.500. The quantitative estimate of drug-likeness (QED) is 0.837. The molecule has 0 unspecified atom stereocenters. The highest BCUT2D eigenvalue weighted by Crippen LogP contribution is 2.21. The van der Waals surface area contributed by atoms with Gasteiger partial charge in [-0.3, -0.25) is 0 Å². The average molecular weight is 246 g/mol. The van der Waals surface area contributed by atoms with Gasteiger partial charge in [0.05, 0.1) is 11.6 Å². The fourth-order valence-electron chi connectivity index (χ4n) is 1.60. The van der Waals surface area contributed by atoms with Crippen LogP contribution in [0.1, 0.15) is 24.0 Å². The fourth-order valence-corrected chi connectivity index (χ4v) is 1.89. The number of aliphatic hydroxyl groups excluding tert-OH is 1. The Kier molecular flexibility index (Phi) is 5.19. The second kappa shape index (κ2) is 6.18. The van der Waals surface area contributed by atoms with Crippen LogP contribution in [0.5, 0.6) is 0 Å².